The number of halogens is 3. The maximum atomic E-state index is 12.4. The fourth-order valence-electron chi connectivity index (χ4n) is 2.46. The molecule has 2 N–H and O–H groups in total. The number of hydrogen-bond donors (Lipinski definition) is 2. The summed E-state index contributed by atoms with van der Waals surface area (Å²) in [5.74, 6) is 1.93. The van der Waals surface area contributed by atoms with Gasteiger partial charge in [0.15, 0.2) is 17.5 Å². The van der Waals surface area contributed by atoms with E-state index >= 15 is 0 Å². The zero-order chi connectivity index (χ0) is 20.4. The Bertz CT molecular complexity index is 791. The second kappa shape index (κ2) is 13.0. The minimum absolute atomic E-state index is 0. The van der Waals surface area contributed by atoms with Crippen LogP contribution in [0.4, 0.5) is 14.5 Å². The molecule has 0 heterocycles. The molecule has 0 aliphatic heterocycles. The minimum atomic E-state index is -2.85. The smallest absolute Gasteiger partial charge is 0.387 e. The lowest BCUT2D eigenvalue weighted by Crippen LogP contribution is -2.30. The molecule has 0 aliphatic carbocycles. The number of nitrogens with one attached hydrogen (secondary N) is 2. The average Bonchev–Trinajstić information content (AvgIpc) is 2.67. The van der Waals surface area contributed by atoms with Crippen molar-refractivity contribution >= 4 is 35.6 Å². The summed E-state index contributed by atoms with van der Waals surface area (Å²) in [6.07, 6.45) is 0. The molecule has 6 nitrogen and oxygen atoms in total. The van der Waals surface area contributed by atoms with Crippen molar-refractivity contribution in [2.45, 2.75) is 27.0 Å². The van der Waals surface area contributed by atoms with E-state index in [0.29, 0.717) is 37.2 Å². The second-order valence-corrected chi connectivity index (χ2v) is 5.64. The molecular formula is C20H26F2IN3O3. The third-order valence-corrected chi connectivity index (χ3v) is 3.61. The summed E-state index contributed by atoms with van der Waals surface area (Å²) in [6.45, 7) is 2.47. The number of alkyl halides is 2. The standard InChI is InChI=1S/C20H25F2N3O3.HI/c1-4-23-20(24-13-14-7-6-8-16(11-14)28-19(21)22)25-15-9-10-17(26-3)18(12-15)27-5-2;/h6-12,19H,4-5,13H2,1-3H3,(H2,23,24,25);1H. The maximum Gasteiger partial charge on any atom is 0.387 e. The quantitative estimate of drug-likeness (QED) is 0.280. The summed E-state index contributed by atoms with van der Waals surface area (Å²) in [6, 6.07) is 12.0. The molecule has 0 saturated heterocycles. The van der Waals surface area contributed by atoms with Gasteiger partial charge in [-0.15, -0.1) is 24.0 Å². The van der Waals surface area contributed by atoms with Crippen LogP contribution in [0.15, 0.2) is 47.5 Å². The van der Waals surface area contributed by atoms with Crippen molar-refractivity contribution in [1.29, 1.82) is 0 Å². The zero-order valence-electron chi connectivity index (χ0n) is 16.6. The fraction of sp³-hybridized carbons (Fsp3) is 0.350. The van der Waals surface area contributed by atoms with Gasteiger partial charge in [-0.05, 0) is 43.7 Å². The predicted molar refractivity (Wildman–Crippen MR) is 121 cm³/mol. The number of methoxy groups -OCH3 is 1. The number of hydrogen-bond acceptors (Lipinski definition) is 4. The molecule has 0 fully saturated rings. The molecule has 0 saturated carbocycles. The first-order valence-electron chi connectivity index (χ1n) is 8.95. The van der Waals surface area contributed by atoms with Crippen molar-refractivity contribution in [2.24, 2.45) is 4.99 Å². The molecule has 0 aromatic heterocycles. The Kier molecular flexibility index (Phi) is 11.1. The fourth-order valence-corrected chi connectivity index (χ4v) is 2.46. The Labute approximate surface area is 186 Å². The molecule has 0 atom stereocenters. The van der Waals surface area contributed by atoms with E-state index in [-0.39, 0.29) is 29.7 Å². The van der Waals surface area contributed by atoms with Crippen LogP contribution < -0.4 is 24.8 Å². The lowest BCUT2D eigenvalue weighted by atomic mass is 10.2. The van der Waals surface area contributed by atoms with Crippen LogP contribution in [-0.4, -0.2) is 32.8 Å². The molecule has 0 spiro atoms. The van der Waals surface area contributed by atoms with Crippen molar-refractivity contribution in [3.05, 3.63) is 48.0 Å². The van der Waals surface area contributed by atoms with E-state index in [0.717, 1.165) is 11.3 Å². The third kappa shape index (κ3) is 8.30. The number of anilines is 1. The number of aliphatic imine (C=N–C) groups is 1. The van der Waals surface area contributed by atoms with Gasteiger partial charge < -0.3 is 24.8 Å². The van der Waals surface area contributed by atoms with Crippen LogP contribution in [0.1, 0.15) is 19.4 Å². The van der Waals surface area contributed by atoms with Gasteiger partial charge in [-0.1, -0.05) is 12.1 Å². The number of benzene rings is 2. The van der Waals surface area contributed by atoms with Crippen LogP contribution in [0.3, 0.4) is 0 Å². The highest BCUT2D eigenvalue weighted by molar-refractivity contribution is 14.0. The molecule has 9 heteroatoms. The van der Waals surface area contributed by atoms with Crippen LogP contribution in [0, 0.1) is 0 Å². The SMILES string of the molecule is CCNC(=NCc1cccc(OC(F)F)c1)Nc1ccc(OC)c(OCC)c1.I. The molecule has 0 aliphatic rings. The van der Waals surface area contributed by atoms with Crippen molar-refractivity contribution in [3.63, 3.8) is 0 Å². The predicted octanol–water partition coefficient (Wildman–Crippen LogP) is 4.89. The van der Waals surface area contributed by atoms with Crippen molar-refractivity contribution < 1.29 is 23.0 Å². The van der Waals surface area contributed by atoms with Crippen molar-refractivity contribution in [2.75, 3.05) is 25.6 Å². The summed E-state index contributed by atoms with van der Waals surface area (Å²) in [4.78, 5) is 4.50. The van der Waals surface area contributed by atoms with Gasteiger partial charge in [-0.2, -0.15) is 8.78 Å². The number of nitrogens with zero attached hydrogens (tertiary/aromatic N) is 1. The van der Waals surface area contributed by atoms with E-state index in [9.17, 15) is 8.78 Å². The van der Waals surface area contributed by atoms with Gasteiger partial charge in [0.1, 0.15) is 5.75 Å². The van der Waals surface area contributed by atoms with Crippen LogP contribution in [0.2, 0.25) is 0 Å². The molecule has 2 aromatic rings. The van der Waals surface area contributed by atoms with Crippen LogP contribution >= 0.6 is 24.0 Å². The summed E-state index contributed by atoms with van der Waals surface area (Å²) >= 11 is 0. The van der Waals surface area contributed by atoms with Gasteiger partial charge in [0.05, 0.1) is 20.3 Å². The van der Waals surface area contributed by atoms with E-state index in [1.165, 1.54) is 6.07 Å². The number of ether oxygens (including phenoxy) is 3. The zero-order valence-corrected chi connectivity index (χ0v) is 18.9. The lowest BCUT2D eigenvalue weighted by molar-refractivity contribution is -0.0498. The average molecular weight is 521 g/mol. The maximum absolute atomic E-state index is 12.4. The minimum Gasteiger partial charge on any atom is -0.493 e. The Balaban J connectivity index is 0.00000420. The van der Waals surface area contributed by atoms with Gasteiger partial charge >= 0.3 is 6.61 Å². The van der Waals surface area contributed by atoms with Crippen LogP contribution in [0.5, 0.6) is 17.2 Å². The largest absolute Gasteiger partial charge is 0.493 e. The molecule has 2 rings (SSSR count). The van der Waals surface area contributed by atoms with E-state index in [1.807, 2.05) is 32.0 Å². The molecule has 2 aromatic carbocycles. The Morgan fingerprint density at radius 3 is 2.55 bits per heavy atom. The third-order valence-electron chi connectivity index (χ3n) is 3.61. The highest BCUT2D eigenvalue weighted by Crippen LogP contribution is 2.30. The van der Waals surface area contributed by atoms with E-state index in [4.69, 9.17) is 9.47 Å². The summed E-state index contributed by atoms with van der Waals surface area (Å²) in [5, 5.41) is 6.34. The summed E-state index contributed by atoms with van der Waals surface area (Å²) in [7, 11) is 1.59. The van der Waals surface area contributed by atoms with Gasteiger partial charge in [0, 0.05) is 18.3 Å². The Morgan fingerprint density at radius 2 is 1.90 bits per heavy atom. The first-order valence-corrected chi connectivity index (χ1v) is 8.95. The summed E-state index contributed by atoms with van der Waals surface area (Å²) < 4.78 is 40.0. The topological polar surface area (TPSA) is 64.1 Å². The molecule has 0 amide bonds. The molecule has 160 valence electrons. The van der Waals surface area contributed by atoms with Crippen molar-refractivity contribution in [1.82, 2.24) is 5.32 Å². The number of guanidine groups is 1. The van der Waals surface area contributed by atoms with Gasteiger partial charge in [-0.25, -0.2) is 4.99 Å². The van der Waals surface area contributed by atoms with Gasteiger partial charge in [0.2, 0.25) is 0 Å². The molecule has 0 unspecified atom stereocenters. The van der Waals surface area contributed by atoms with Crippen LogP contribution in [-0.2, 0) is 6.54 Å². The van der Waals surface area contributed by atoms with Gasteiger partial charge in [-0.3, -0.25) is 0 Å². The number of rotatable bonds is 9. The molecular weight excluding hydrogens is 495 g/mol. The van der Waals surface area contributed by atoms with E-state index < -0.39 is 6.61 Å². The summed E-state index contributed by atoms with van der Waals surface area (Å²) in [5.41, 5.74) is 1.53. The Hall–Kier alpha value is -2.30. The second-order valence-electron chi connectivity index (χ2n) is 5.64. The van der Waals surface area contributed by atoms with Gasteiger partial charge in [0.25, 0.3) is 0 Å². The molecule has 29 heavy (non-hydrogen) atoms. The van der Waals surface area contributed by atoms with Crippen LogP contribution in [0.25, 0.3) is 0 Å². The molecule has 0 radical (unpaired) electrons. The van der Waals surface area contributed by atoms with Crippen molar-refractivity contribution in [3.8, 4) is 17.2 Å². The lowest BCUT2D eigenvalue weighted by Gasteiger charge is -2.14. The van der Waals surface area contributed by atoms with E-state index in [1.54, 1.807) is 25.3 Å². The highest BCUT2D eigenvalue weighted by Gasteiger charge is 2.08. The highest BCUT2D eigenvalue weighted by atomic mass is 127. The normalized spacial score (nSPS) is 10.9. The first-order chi connectivity index (χ1) is 13.5. The molecule has 0 bridgehead atoms. The first kappa shape index (κ1) is 24.7. The monoisotopic (exact) mass is 521 g/mol. The van der Waals surface area contributed by atoms with E-state index in [2.05, 4.69) is 20.4 Å². The Morgan fingerprint density at radius 1 is 1.10 bits per heavy atom.